The van der Waals surface area contributed by atoms with Gasteiger partial charge in [-0.25, -0.2) is 9.36 Å². The molecule has 2 rings (SSSR count). The molecule has 0 aliphatic heterocycles. The molecule has 2 aromatic rings. The maximum atomic E-state index is 9.15. The van der Waals surface area contributed by atoms with E-state index in [9.17, 15) is 0 Å². The number of ether oxygens (including phenoxy) is 2. The zero-order valence-corrected chi connectivity index (χ0v) is 22.6. The first-order valence-electron chi connectivity index (χ1n) is 10.8. The van der Waals surface area contributed by atoms with Gasteiger partial charge in [0.2, 0.25) is 0 Å². The summed E-state index contributed by atoms with van der Waals surface area (Å²) in [7, 11) is -3.53. The molecular weight excluding hydrogens is 427 g/mol. The minimum Gasteiger partial charge on any atom is -0.422 e. The summed E-state index contributed by atoms with van der Waals surface area (Å²) in [5.74, 6) is 0. The summed E-state index contributed by atoms with van der Waals surface area (Å²) in [6, 6.07) is 5.94. The molecule has 0 saturated heterocycles. The first-order chi connectivity index (χ1) is 14.3. The average molecular weight is 469 g/mol. The third-order valence-corrected chi connectivity index (χ3v) is 7.81. The van der Waals surface area contributed by atoms with Gasteiger partial charge in [0.15, 0.2) is 0 Å². The van der Waals surface area contributed by atoms with Gasteiger partial charge in [-0.1, -0.05) is 39.3 Å². The minimum absolute atomic E-state index is 0.269. The molecule has 0 atom stereocenters. The Morgan fingerprint density at radius 1 is 0.871 bits per heavy atom. The summed E-state index contributed by atoms with van der Waals surface area (Å²) < 4.78 is 14.4. The molecule has 0 bridgehead atoms. The van der Waals surface area contributed by atoms with Gasteiger partial charge in [-0.3, -0.25) is 0 Å². The predicted octanol–water partition coefficient (Wildman–Crippen LogP) is 2.69. The van der Waals surface area contributed by atoms with Crippen LogP contribution in [0.5, 0.6) is 0 Å². The van der Waals surface area contributed by atoms with Crippen molar-refractivity contribution >= 4 is 28.9 Å². The topological polar surface area (TPSA) is 94.6 Å². The number of aromatic nitrogens is 4. The van der Waals surface area contributed by atoms with Crippen molar-refractivity contribution in [3.05, 3.63) is 29.7 Å². The molecule has 8 nitrogen and oxygen atoms in total. The van der Waals surface area contributed by atoms with Crippen molar-refractivity contribution in [1.82, 2.24) is 19.6 Å². The Bertz CT molecular complexity index is 770. The second kappa shape index (κ2) is 12.7. The molecule has 0 saturated carbocycles. The number of nitrogens with zero attached hydrogens (tertiary/aromatic N) is 4. The molecule has 0 fully saturated rings. The van der Waals surface area contributed by atoms with Gasteiger partial charge in [0.05, 0.1) is 17.0 Å². The molecule has 0 amide bonds. The highest BCUT2D eigenvalue weighted by Gasteiger charge is 2.18. The van der Waals surface area contributed by atoms with Gasteiger partial charge in [0.25, 0.3) is 0 Å². The van der Waals surface area contributed by atoms with Crippen LogP contribution >= 0.6 is 0 Å². The lowest BCUT2D eigenvalue weighted by molar-refractivity contribution is 0.0784. The smallest absolute Gasteiger partial charge is 0.422 e. The van der Waals surface area contributed by atoms with Crippen LogP contribution in [0.3, 0.4) is 0 Å². The van der Waals surface area contributed by atoms with Crippen molar-refractivity contribution in [2.75, 3.05) is 13.2 Å². The van der Waals surface area contributed by atoms with E-state index in [2.05, 4.69) is 49.5 Å². The van der Waals surface area contributed by atoms with Gasteiger partial charge < -0.3 is 19.5 Å². The fraction of sp³-hybridized carbons (Fsp3) is 0.700. The van der Waals surface area contributed by atoms with Crippen LogP contribution in [-0.4, -0.2) is 66.1 Å². The van der Waals surface area contributed by atoms with Crippen LogP contribution in [0.4, 0.5) is 0 Å². The lowest BCUT2D eigenvalue weighted by Crippen LogP contribution is -2.37. The van der Waals surface area contributed by atoms with Crippen molar-refractivity contribution in [3.8, 4) is 0 Å². The first-order valence-corrected chi connectivity index (χ1v) is 18.2. The molecule has 0 radical (unpaired) electrons. The van der Waals surface area contributed by atoms with E-state index in [4.69, 9.17) is 19.5 Å². The van der Waals surface area contributed by atoms with E-state index in [1.54, 1.807) is 6.07 Å². The van der Waals surface area contributed by atoms with E-state index in [1.165, 1.54) is 10.7 Å². The van der Waals surface area contributed by atoms with E-state index in [0.717, 1.165) is 24.0 Å². The monoisotopic (exact) mass is 468 g/mol. The number of hydrogen-bond donors (Lipinski definition) is 2. The molecular formula is C20H41BN4O4Si2. The highest BCUT2D eigenvalue weighted by molar-refractivity contribution is 6.76. The van der Waals surface area contributed by atoms with Crippen LogP contribution < -0.4 is 5.59 Å². The Kier molecular flexibility index (Phi) is 11.4. The lowest BCUT2D eigenvalue weighted by Gasteiger charge is -2.15. The third-order valence-electron chi connectivity index (χ3n) is 4.40. The van der Waals surface area contributed by atoms with Crippen LogP contribution in [0, 0.1) is 13.8 Å². The molecule has 2 N–H and O–H groups in total. The van der Waals surface area contributed by atoms with Crippen LogP contribution in [0.2, 0.25) is 51.4 Å². The van der Waals surface area contributed by atoms with Crippen molar-refractivity contribution in [2.24, 2.45) is 0 Å². The summed E-state index contributed by atoms with van der Waals surface area (Å²) in [6.07, 6.45) is 1.95. The quantitative estimate of drug-likeness (QED) is 0.389. The maximum Gasteiger partial charge on any atom is 0.507 e. The minimum atomic E-state index is -1.50. The SMILES string of the molecule is Cc1cc(B(O)O)n(COCC[Si](C)(C)C)n1.Cc1ccn(COCC[Si](C)(C)C)n1. The van der Waals surface area contributed by atoms with Crippen molar-refractivity contribution in [3.63, 3.8) is 0 Å². The summed E-state index contributed by atoms with van der Waals surface area (Å²) in [6.45, 7) is 20.1. The number of hydrogen-bond acceptors (Lipinski definition) is 6. The molecule has 0 spiro atoms. The molecule has 176 valence electrons. The van der Waals surface area contributed by atoms with E-state index >= 15 is 0 Å². The second-order valence-electron chi connectivity index (χ2n) is 10.3. The van der Waals surface area contributed by atoms with E-state index in [1.807, 2.05) is 30.8 Å². The third kappa shape index (κ3) is 13.0. The summed E-state index contributed by atoms with van der Waals surface area (Å²) in [5, 5.41) is 26.7. The summed E-state index contributed by atoms with van der Waals surface area (Å²) in [4.78, 5) is 0. The number of rotatable bonds is 11. The van der Waals surface area contributed by atoms with Gasteiger partial charge in [-0.05, 0) is 38.1 Å². The maximum absolute atomic E-state index is 9.15. The summed E-state index contributed by atoms with van der Waals surface area (Å²) in [5.41, 5.74) is 2.16. The molecule has 0 aliphatic carbocycles. The summed E-state index contributed by atoms with van der Waals surface area (Å²) >= 11 is 0. The fourth-order valence-corrected chi connectivity index (χ4v) is 3.99. The normalized spacial score (nSPS) is 11.9. The molecule has 0 unspecified atom stereocenters. The van der Waals surface area contributed by atoms with Crippen molar-refractivity contribution in [1.29, 1.82) is 0 Å². The zero-order chi connectivity index (χ0) is 23.7. The molecule has 2 aromatic heterocycles. The van der Waals surface area contributed by atoms with Crippen LogP contribution in [-0.2, 0) is 22.9 Å². The van der Waals surface area contributed by atoms with Crippen molar-refractivity contribution in [2.45, 2.75) is 78.7 Å². The molecule has 2 heterocycles. The van der Waals surface area contributed by atoms with Gasteiger partial charge >= 0.3 is 7.12 Å². The fourth-order valence-electron chi connectivity index (χ4n) is 2.48. The van der Waals surface area contributed by atoms with Crippen LogP contribution in [0.15, 0.2) is 18.3 Å². The standard InChI is InChI=1S/C10H21BN2O3Si.C10H20N2OSi/c1-9-7-10(11(14)15)13(12-9)8-16-5-6-17(2,3)4;1-10-5-6-12(11-10)9-13-7-8-14(2,3)4/h7,14-15H,5-6,8H2,1-4H3;5-6H,7-9H2,1-4H3. The zero-order valence-electron chi connectivity index (χ0n) is 20.6. The highest BCUT2D eigenvalue weighted by atomic mass is 28.3. The second-order valence-corrected chi connectivity index (χ2v) is 21.5. The Morgan fingerprint density at radius 3 is 1.87 bits per heavy atom. The Hall–Kier alpha value is -1.24. The molecule has 0 aliphatic rings. The van der Waals surface area contributed by atoms with E-state index < -0.39 is 23.3 Å². The molecule has 11 heteroatoms. The van der Waals surface area contributed by atoms with Crippen LogP contribution in [0.1, 0.15) is 11.4 Å². The Labute approximate surface area is 189 Å². The molecule has 31 heavy (non-hydrogen) atoms. The predicted molar refractivity (Wildman–Crippen MR) is 132 cm³/mol. The van der Waals surface area contributed by atoms with E-state index in [-0.39, 0.29) is 6.73 Å². The average Bonchev–Trinajstić information content (AvgIpc) is 3.20. The Morgan fingerprint density at radius 2 is 1.42 bits per heavy atom. The molecule has 0 aromatic carbocycles. The van der Waals surface area contributed by atoms with Gasteiger partial charge in [-0.15, -0.1) is 0 Å². The first kappa shape index (κ1) is 27.8. The van der Waals surface area contributed by atoms with Gasteiger partial charge in [0, 0.05) is 35.6 Å². The van der Waals surface area contributed by atoms with E-state index in [0.29, 0.717) is 18.9 Å². The van der Waals surface area contributed by atoms with Gasteiger partial charge in [-0.2, -0.15) is 10.2 Å². The largest absolute Gasteiger partial charge is 0.507 e. The Balaban J connectivity index is 0.000000316. The van der Waals surface area contributed by atoms with Gasteiger partial charge in [0.1, 0.15) is 13.5 Å². The lowest BCUT2D eigenvalue weighted by atomic mass is 9.86. The van der Waals surface area contributed by atoms with Crippen LogP contribution in [0.25, 0.3) is 0 Å². The number of aryl methyl sites for hydroxylation is 2. The highest BCUT2D eigenvalue weighted by Crippen LogP contribution is 2.08. The van der Waals surface area contributed by atoms with Crippen molar-refractivity contribution < 1.29 is 19.5 Å².